The van der Waals surface area contributed by atoms with Crippen LogP contribution >= 0.6 is 11.3 Å². The number of hydrogen-bond acceptors (Lipinski definition) is 4. The highest BCUT2D eigenvalue weighted by atomic mass is 32.1. The second kappa shape index (κ2) is 7.77. The quantitative estimate of drug-likeness (QED) is 0.799. The van der Waals surface area contributed by atoms with Gasteiger partial charge < -0.3 is 10.1 Å². The van der Waals surface area contributed by atoms with E-state index in [0.717, 1.165) is 44.1 Å². The maximum absolute atomic E-state index is 12.1. The third-order valence-electron chi connectivity index (χ3n) is 4.34. The summed E-state index contributed by atoms with van der Waals surface area (Å²) < 4.78 is 4.93. The van der Waals surface area contributed by atoms with Crippen LogP contribution in [0.15, 0.2) is 0 Å². The molecule has 0 bridgehead atoms. The summed E-state index contributed by atoms with van der Waals surface area (Å²) in [5.41, 5.74) is 1.68. The Morgan fingerprint density at radius 2 is 2.14 bits per heavy atom. The summed E-state index contributed by atoms with van der Waals surface area (Å²) in [4.78, 5) is 25.4. The van der Waals surface area contributed by atoms with E-state index in [2.05, 4.69) is 19.2 Å². The van der Waals surface area contributed by atoms with Crippen molar-refractivity contribution in [2.45, 2.75) is 58.8 Å². The number of anilines is 1. The molecule has 5 heteroatoms. The number of unbranched alkanes of at least 4 members (excludes halogenated alkanes) is 1. The Hall–Kier alpha value is -1.36. The van der Waals surface area contributed by atoms with Crippen molar-refractivity contribution in [1.82, 2.24) is 0 Å². The van der Waals surface area contributed by atoms with Gasteiger partial charge in [-0.15, -0.1) is 11.3 Å². The van der Waals surface area contributed by atoms with Gasteiger partial charge in [-0.1, -0.05) is 26.7 Å². The number of thiophene rings is 1. The highest BCUT2D eigenvalue weighted by Gasteiger charge is 2.29. The molecular weight excluding hydrogens is 298 g/mol. The number of ether oxygens (including phenoxy) is 1. The zero-order valence-electron chi connectivity index (χ0n) is 13.7. The number of amides is 1. The van der Waals surface area contributed by atoms with Crippen molar-refractivity contribution < 1.29 is 14.3 Å². The van der Waals surface area contributed by atoms with E-state index in [1.54, 1.807) is 11.3 Å². The van der Waals surface area contributed by atoms with Crippen molar-refractivity contribution >= 4 is 28.2 Å². The first-order valence-electron chi connectivity index (χ1n) is 8.13. The number of methoxy groups -OCH3 is 1. The van der Waals surface area contributed by atoms with Gasteiger partial charge in [-0.2, -0.15) is 0 Å². The van der Waals surface area contributed by atoms with Crippen LogP contribution in [0.3, 0.4) is 0 Å². The van der Waals surface area contributed by atoms with Gasteiger partial charge in [0.05, 0.1) is 12.7 Å². The summed E-state index contributed by atoms with van der Waals surface area (Å²) in [7, 11) is 1.40. The molecular formula is C17H25NO3S. The van der Waals surface area contributed by atoms with Crippen molar-refractivity contribution in [2.24, 2.45) is 5.92 Å². The molecule has 1 aromatic rings. The Kier molecular flexibility index (Phi) is 6.00. The first-order chi connectivity index (χ1) is 10.6. The van der Waals surface area contributed by atoms with Gasteiger partial charge >= 0.3 is 5.97 Å². The van der Waals surface area contributed by atoms with E-state index in [9.17, 15) is 9.59 Å². The minimum Gasteiger partial charge on any atom is -0.465 e. The minimum absolute atomic E-state index is 0.0161. The summed E-state index contributed by atoms with van der Waals surface area (Å²) in [6.45, 7) is 4.26. The number of rotatable bonds is 6. The Morgan fingerprint density at radius 1 is 1.36 bits per heavy atom. The fourth-order valence-electron chi connectivity index (χ4n) is 2.94. The standard InChI is InChI=1S/C17H25NO3S/c1-4-6-7-14(19)18-16-15(17(20)21-3)12-9-8-11(5-2)10-13(12)22-16/h11H,4-10H2,1-3H3,(H,18,19)/t11-/m0/s1. The number of nitrogens with one attached hydrogen (secondary N) is 1. The van der Waals surface area contributed by atoms with Crippen LogP contribution in [0.25, 0.3) is 0 Å². The van der Waals surface area contributed by atoms with Crippen molar-refractivity contribution in [3.05, 3.63) is 16.0 Å². The van der Waals surface area contributed by atoms with Crippen LogP contribution < -0.4 is 5.32 Å². The largest absolute Gasteiger partial charge is 0.465 e. The van der Waals surface area contributed by atoms with Crippen LogP contribution in [-0.4, -0.2) is 19.0 Å². The Morgan fingerprint density at radius 3 is 2.77 bits per heavy atom. The van der Waals surface area contributed by atoms with E-state index in [4.69, 9.17) is 4.74 Å². The lowest BCUT2D eigenvalue weighted by Crippen LogP contribution is -2.16. The molecule has 1 N–H and O–H groups in total. The lowest BCUT2D eigenvalue weighted by atomic mass is 9.85. The van der Waals surface area contributed by atoms with Crippen LogP contribution in [0.1, 0.15) is 66.8 Å². The number of carbonyl (C=O) groups is 2. The molecule has 22 heavy (non-hydrogen) atoms. The molecule has 1 aliphatic carbocycles. The summed E-state index contributed by atoms with van der Waals surface area (Å²) >= 11 is 1.55. The maximum Gasteiger partial charge on any atom is 0.341 e. The van der Waals surface area contributed by atoms with Gasteiger partial charge in [0, 0.05) is 11.3 Å². The molecule has 1 atom stereocenters. The van der Waals surface area contributed by atoms with Crippen LogP contribution in [0.4, 0.5) is 5.00 Å². The minimum atomic E-state index is -0.335. The predicted octanol–water partition coefficient (Wildman–Crippen LogP) is 4.18. The molecule has 1 heterocycles. The van der Waals surface area contributed by atoms with Crippen molar-refractivity contribution in [3.8, 4) is 0 Å². The molecule has 0 saturated heterocycles. The van der Waals surface area contributed by atoms with E-state index in [1.807, 2.05) is 0 Å². The highest BCUT2D eigenvalue weighted by molar-refractivity contribution is 7.17. The van der Waals surface area contributed by atoms with Gasteiger partial charge in [-0.3, -0.25) is 4.79 Å². The van der Waals surface area contributed by atoms with E-state index in [1.165, 1.54) is 12.0 Å². The normalized spacial score (nSPS) is 17.0. The third kappa shape index (κ3) is 3.69. The number of carbonyl (C=O) groups excluding carboxylic acids is 2. The smallest absolute Gasteiger partial charge is 0.341 e. The molecule has 1 aliphatic rings. The number of fused-ring (bicyclic) bond motifs is 1. The first-order valence-corrected chi connectivity index (χ1v) is 8.94. The fourth-order valence-corrected chi connectivity index (χ4v) is 4.30. The zero-order chi connectivity index (χ0) is 16.1. The maximum atomic E-state index is 12.1. The Bertz CT molecular complexity index is 550. The number of hydrogen-bond donors (Lipinski definition) is 1. The molecule has 2 rings (SSSR count). The van der Waals surface area contributed by atoms with Gasteiger partial charge in [-0.25, -0.2) is 4.79 Å². The van der Waals surface area contributed by atoms with Gasteiger partial charge in [0.2, 0.25) is 5.91 Å². The van der Waals surface area contributed by atoms with Crippen LogP contribution in [0.2, 0.25) is 0 Å². The average molecular weight is 323 g/mol. The zero-order valence-corrected chi connectivity index (χ0v) is 14.5. The molecule has 4 nitrogen and oxygen atoms in total. The van der Waals surface area contributed by atoms with E-state index in [0.29, 0.717) is 22.9 Å². The molecule has 0 aromatic carbocycles. The number of esters is 1. The molecule has 0 radical (unpaired) electrons. The molecule has 0 fully saturated rings. The van der Waals surface area contributed by atoms with Crippen molar-refractivity contribution in [3.63, 3.8) is 0 Å². The van der Waals surface area contributed by atoms with Gasteiger partial charge in [-0.05, 0) is 37.2 Å². The second-order valence-electron chi connectivity index (χ2n) is 5.87. The predicted molar refractivity (Wildman–Crippen MR) is 89.6 cm³/mol. The van der Waals surface area contributed by atoms with Crippen molar-refractivity contribution in [2.75, 3.05) is 12.4 Å². The topological polar surface area (TPSA) is 55.4 Å². The Labute approximate surface area is 136 Å². The van der Waals surface area contributed by atoms with E-state index >= 15 is 0 Å². The lowest BCUT2D eigenvalue weighted by molar-refractivity contribution is -0.116. The SMILES string of the molecule is CCCCC(=O)Nc1sc2c(c1C(=O)OC)CC[C@H](CC)C2. The second-order valence-corrected chi connectivity index (χ2v) is 6.97. The lowest BCUT2D eigenvalue weighted by Gasteiger charge is -2.20. The molecule has 0 unspecified atom stereocenters. The third-order valence-corrected chi connectivity index (χ3v) is 5.51. The fraction of sp³-hybridized carbons (Fsp3) is 0.647. The van der Waals surface area contributed by atoms with Gasteiger partial charge in [0.15, 0.2) is 0 Å². The van der Waals surface area contributed by atoms with Crippen LogP contribution in [0.5, 0.6) is 0 Å². The summed E-state index contributed by atoms with van der Waals surface area (Å²) in [5, 5.41) is 3.61. The highest BCUT2D eigenvalue weighted by Crippen LogP contribution is 2.40. The summed E-state index contributed by atoms with van der Waals surface area (Å²) in [5.74, 6) is 0.330. The van der Waals surface area contributed by atoms with E-state index in [-0.39, 0.29) is 11.9 Å². The molecule has 0 aliphatic heterocycles. The monoisotopic (exact) mass is 323 g/mol. The molecule has 0 spiro atoms. The van der Waals surface area contributed by atoms with Crippen LogP contribution in [-0.2, 0) is 22.4 Å². The molecule has 1 amide bonds. The summed E-state index contributed by atoms with van der Waals surface area (Å²) in [6, 6.07) is 0. The van der Waals surface area contributed by atoms with E-state index < -0.39 is 0 Å². The van der Waals surface area contributed by atoms with Crippen LogP contribution in [0, 0.1) is 5.92 Å². The first kappa shape index (κ1) is 17.0. The average Bonchev–Trinajstić information content (AvgIpc) is 2.88. The van der Waals surface area contributed by atoms with Gasteiger partial charge in [0.1, 0.15) is 5.00 Å². The molecule has 1 aromatic heterocycles. The molecule has 0 saturated carbocycles. The summed E-state index contributed by atoms with van der Waals surface area (Å²) in [6.07, 6.45) is 6.51. The van der Waals surface area contributed by atoms with Gasteiger partial charge in [0.25, 0.3) is 0 Å². The van der Waals surface area contributed by atoms with Crippen molar-refractivity contribution in [1.29, 1.82) is 0 Å². The molecule has 122 valence electrons. The Balaban J connectivity index is 2.26.